The summed E-state index contributed by atoms with van der Waals surface area (Å²) >= 11 is 0. The number of hydrogen-bond acceptors (Lipinski definition) is 2. The number of hydrogen-bond donors (Lipinski definition) is 0. The van der Waals surface area contributed by atoms with Gasteiger partial charge < -0.3 is 4.74 Å². The van der Waals surface area contributed by atoms with E-state index in [1.54, 1.807) is 0 Å². The molecule has 0 bridgehead atoms. The maximum absolute atomic E-state index is 12.8. The zero-order valence-electron chi connectivity index (χ0n) is 16.9. The van der Waals surface area contributed by atoms with E-state index >= 15 is 0 Å². The molecular formula is C27H24O2P+. The molecule has 0 saturated carbocycles. The molecule has 0 unspecified atom stereocenters. The van der Waals surface area contributed by atoms with E-state index in [2.05, 4.69) is 78.9 Å². The van der Waals surface area contributed by atoms with Gasteiger partial charge in [0.25, 0.3) is 0 Å². The van der Waals surface area contributed by atoms with E-state index < -0.39 is 7.26 Å². The van der Waals surface area contributed by atoms with E-state index in [0.29, 0.717) is 5.56 Å². The molecule has 0 aliphatic heterocycles. The maximum atomic E-state index is 12.8. The minimum Gasteiger partial charge on any atom is -0.465 e. The van der Waals surface area contributed by atoms with E-state index in [9.17, 15) is 4.79 Å². The van der Waals surface area contributed by atoms with E-state index in [1.807, 2.05) is 36.4 Å². The Morgan fingerprint density at radius 1 is 0.667 bits per heavy atom. The van der Waals surface area contributed by atoms with Crippen LogP contribution in [0.4, 0.5) is 0 Å². The van der Waals surface area contributed by atoms with Crippen LogP contribution in [-0.2, 0) is 10.9 Å². The minimum absolute atomic E-state index is 0.296. The van der Waals surface area contributed by atoms with Crippen molar-refractivity contribution in [1.82, 2.24) is 0 Å². The van der Waals surface area contributed by atoms with Gasteiger partial charge in [0, 0.05) is 0 Å². The van der Waals surface area contributed by atoms with Gasteiger partial charge in [-0.2, -0.15) is 0 Å². The Kier molecular flexibility index (Phi) is 6.07. The second-order valence-electron chi connectivity index (χ2n) is 7.13. The van der Waals surface area contributed by atoms with Crippen molar-refractivity contribution in [2.75, 3.05) is 7.11 Å². The SMILES string of the molecule is COC(=O)c1ccccc1[P+](Cc1ccccc1)(c1ccccc1)c1ccccc1. The van der Waals surface area contributed by atoms with Crippen molar-refractivity contribution in [3.63, 3.8) is 0 Å². The third kappa shape index (κ3) is 3.79. The lowest BCUT2D eigenvalue weighted by molar-refractivity contribution is 0.0602. The second kappa shape index (κ2) is 9.07. The van der Waals surface area contributed by atoms with Gasteiger partial charge >= 0.3 is 5.97 Å². The normalized spacial score (nSPS) is 11.1. The molecule has 0 radical (unpaired) electrons. The standard InChI is InChI=1S/C27H24O2P/c1-29-27(28)25-19-11-12-20-26(25)30(23-15-7-3-8-16-23,24-17-9-4-10-18-24)21-22-13-5-2-6-14-22/h2-20H,21H2,1H3/q+1. The van der Waals surface area contributed by atoms with E-state index in [0.717, 1.165) is 11.5 Å². The number of carbonyl (C=O) groups is 1. The van der Waals surface area contributed by atoms with Crippen LogP contribution in [0.1, 0.15) is 15.9 Å². The summed E-state index contributed by atoms with van der Waals surface area (Å²) in [4.78, 5) is 12.8. The molecule has 0 spiro atoms. The summed E-state index contributed by atoms with van der Waals surface area (Å²) in [6.45, 7) is 0. The topological polar surface area (TPSA) is 26.3 Å². The third-order valence-electron chi connectivity index (χ3n) is 5.38. The summed E-state index contributed by atoms with van der Waals surface area (Å²) in [7, 11) is -0.735. The van der Waals surface area contributed by atoms with Gasteiger partial charge in [-0.25, -0.2) is 4.79 Å². The first-order valence-electron chi connectivity index (χ1n) is 9.97. The highest BCUT2D eigenvalue weighted by Gasteiger charge is 2.47. The molecule has 0 atom stereocenters. The summed E-state index contributed by atoms with van der Waals surface area (Å²) in [5.41, 5.74) is 1.88. The van der Waals surface area contributed by atoms with Crippen molar-refractivity contribution in [3.8, 4) is 0 Å². The average molecular weight is 411 g/mol. The molecule has 4 aromatic carbocycles. The van der Waals surface area contributed by atoms with Crippen molar-refractivity contribution in [1.29, 1.82) is 0 Å². The quantitative estimate of drug-likeness (QED) is 0.331. The molecule has 0 saturated heterocycles. The number of rotatable bonds is 6. The zero-order chi connectivity index (χ0) is 20.8. The Hall–Kier alpha value is -3.22. The van der Waals surface area contributed by atoms with Crippen molar-refractivity contribution < 1.29 is 9.53 Å². The smallest absolute Gasteiger partial charge is 0.341 e. The Morgan fingerprint density at radius 2 is 1.13 bits per heavy atom. The molecule has 30 heavy (non-hydrogen) atoms. The molecule has 4 rings (SSSR count). The van der Waals surface area contributed by atoms with E-state index in [1.165, 1.54) is 23.3 Å². The summed E-state index contributed by atoms with van der Waals surface area (Å²) in [5, 5.41) is 3.55. The van der Waals surface area contributed by atoms with Gasteiger partial charge in [-0.1, -0.05) is 78.9 Å². The summed E-state index contributed by atoms with van der Waals surface area (Å²) < 4.78 is 5.17. The second-order valence-corrected chi connectivity index (χ2v) is 10.6. The fourth-order valence-corrected chi connectivity index (χ4v) is 8.43. The minimum atomic E-state index is -2.18. The van der Waals surface area contributed by atoms with Crippen LogP contribution < -0.4 is 15.9 Å². The highest BCUT2D eigenvalue weighted by atomic mass is 31.2. The Bertz CT molecular complexity index is 1070. The van der Waals surface area contributed by atoms with Gasteiger partial charge in [0.2, 0.25) is 0 Å². The summed E-state index contributed by atoms with van der Waals surface area (Å²) in [5.74, 6) is -0.296. The molecule has 0 N–H and O–H groups in total. The fraction of sp³-hybridized carbons (Fsp3) is 0.0741. The first-order chi connectivity index (χ1) is 14.8. The van der Waals surface area contributed by atoms with Gasteiger partial charge in [0.05, 0.1) is 13.3 Å². The van der Waals surface area contributed by atoms with Crippen LogP contribution in [0.5, 0.6) is 0 Å². The zero-order valence-corrected chi connectivity index (χ0v) is 17.8. The van der Waals surface area contributed by atoms with Gasteiger partial charge in [0.1, 0.15) is 28.7 Å². The van der Waals surface area contributed by atoms with Crippen molar-refractivity contribution in [2.45, 2.75) is 6.16 Å². The third-order valence-corrected chi connectivity index (χ3v) is 9.79. The number of methoxy groups -OCH3 is 1. The molecule has 148 valence electrons. The average Bonchev–Trinajstić information content (AvgIpc) is 2.84. The summed E-state index contributed by atoms with van der Waals surface area (Å²) in [6, 6.07) is 39.6. The molecule has 2 nitrogen and oxygen atoms in total. The molecule has 3 heteroatoms. The number of carbonyl (C=O) groups excluding carboxylic acids is 1. The Labute approximate surface area is 178 Å². The van der Waals surface area contributed by atoms with Gasteiger partial charge in [-0.15, -0.1) is 0 Å². The lowest BCUT2D eigenvalue weighted by Crippen LogP contribution is -2.35. The predicted octanol–water partition coefficient (Wildman–Crippen LogP) is 4.97. The number of esters is 1. The van der Waals surface area contributed by atoms with Crippen LogP contribution in [0.3, 0.4) is 0 Å². The van der Waals surface area contributed by atoms with E-state index in [-0.39, 0.29) is 5.97 Å². The number of benzene rings is 4. The largest absolute Gasteiger partial charge is 0.465 e. The van der Waals surface area contributed by atoms with Crippen LogP contribution in [0.25, 0.3) is 0 Å². The van der Waals surface area contributed by atoms with Crippen molar-refractivity contribution >= 4 is 29.1 Å². The van der Waals surface area contributed by atoms with Gasteiger partial charge in [0.15, 0.2) is 0 Å². The molecule has 0 aliphatic carbocycles. The monoisotopic (exact) mass is 411 g/mol. The molecular weight excluding hydrogens is 387 g/mol. The van der Waals surface area contributed by atoms with Crippen molar-refractivity contribution in [2.24, 2.45) is 0 Å². The first-order valence-corrected chi connectivity index (χ1v) is 11.9. The maximum Gasteiger partial charge on any atom is 0.341 e. The van der Waals surface area contributed by atoms with Crippen LogP contribution in [0.2, 0.25) is 0 Å². The van der Waals surface area contributed by atoms with Crippen molar-refractivity contribution in [3.05, 3.63) is 126 Å². The van der Waals surface area contributed by atoms with Crippen LogP contribution in [-0.4, -0.2) is 13.1 Å². The highest BCUT2D eigenvalue weighted by molar-refractivity contribution is 7.95. The van der Waals surface area contributed by atoms with E-state index in [4.69, 9.17) is 4.74 Å². The van der Waals surface area contributed by atoms with Crippen LogP contribution in [0, 0.1) is 0 Å². The molecule has 4 aromatic rings. The Balaban J connectivity index is 2.07. The van der Waals surface area contributed by atoms with Crippen LogP contribution >= 0.6 is 7.26 Å². The van der Waals surface area contributed by atoms with Gasteiger partial charge in [-0.3, -0.25) is 0 Å². The molecule has 0 heterocycles. The molecule has 0 aromatic heterocycles. The molecule has 0 amide bonds. The summed E-state index contributed by atoms with van der Waals surface area (Å²) in [6.07, 6.45) is 0.829. The van der Waals surface area contributed by atoms with Gasteiger partial charge in [-0.05, 0) is 42.0 Å². The number of ether oxygens (including phenoxy) is 1. The van der Waals surface area contributed by atoms with Crippen LogP contribution in [0.15, 0.2) is 115 Å². The molecule has 0 aliphatic rings. The predicted molar refractivity (Wildman–Crippen MR) is 127 cm³/mol. The fourth-order valence-electron chi connectivity index (χ4n) is 4.01. The Morgan fingerprint density at radius 3 is 1.67 bits per heavy atom. The molecule has 0 fully saturated rings. The lowest BCUT2D eigenvalue weighted by Gasteiger charge is -2.29. The highest BCUT2D eigenvalue weighted by Crippen LogP contribution is 2.58. The first kappa shape index (κ1) is 20.1. The lowest BCUT2D eigenvalue weighted by atomic mass is 10.2.